The summed E-state index contributed by atoms with van der Waals surface area (Å²) in [6.07, 6.45) is 0.118. The number of hydrogen-bond acceptors (Lipinski definition) is 8. The van der Waals surface area contributed by atoms with E-state index in [1.165, 1.54) is 18.2 Å². The molecule has 174 valence electrons. The molecule has 0 radical (unpaired) electrons. The molecule has 0 bridgehead atoms. The number of amides is 4. The molecule has 0 aliphatic carbocycles. The molecule has 2 aliphatic rings. The second kappa shape index (κ2) is 10.3. The Morgan fingerprint density at radius 3 is 2.31 bits per heavy atom. The lowest BCUT2D eigenvalue weighted by Crippen LogP contribution is -2.56. The molecule has 1 unspecified atom stereocenters. The van der Waals surface area contributed by atoms with Crippen molar-refractivity contribution in [3.8, 4) is 0 Å². The van der Waals surface area contributed by atoms with Crippen molar-refractivity contribution in [1.29, 1.82) is 0 Å². The van der Waals surface area contributed by atoms with E-state index >= 15 is 0 Å². The number of nitrogen functional groups attached to an aromatic ring is 1. The van der Waals surface area contributed by atoms with Crippen molar-refractivity contribution < 1.29 is 34.2 Å². The number of imide groups is 2. The normalized spacial score (nSPS) is 19.1. The van der Waals surface area contributed by atoms with E-state index in [4.69, 9.17) is 15.9 Å². The first-order chi connectivity index (χ1) is 15.0. The highest BCUT2D eigenvalue weighted by atomic mass is 16.4. The first kappa shape index (κ1) is 25.0. The van der Waals surface area contributed by atoms with Crippen LogP contribution in [0.5, 0.6) is 0 Å². The molecule has 5 N–H and O–H groups in total. The van der Waals surface area contributed by atoms with Gasteiger partial charge < -0.3 is 21.3 Å². The number of benzene rings is 1. The summed E-state index contributed by atoms with van der Waals surface area (Å²) in [5.74, 6) is -2.85. The van der Waals surface area contributed by atoms with E-state index in [0.717, 1.165) is 9.80 Å². The molecule has 1 fully saturated rings. The summed E-state index contributed by atoms with van der Waals surface area (Å²) < 4.78 is 0. The number of anilines is 1. The van der Waals surface area contributed by atoms with Gasteiger partial charge in [-0.15, -0.1) is 0 Å². The number of rotatable bonds is 6. The topological polar surface area (TPSA) is 170 Å². The highest BCUT2D eigenvalue weighted by molar-refractivity contribution is 6.23. The fraction of sp³-hybridized carbons (Fsp3) is 0.476. The van der Waals surface area contributed by atoms with Crippen LogP contribution in [-0.2, 0) is 14.4 Å². The van der Waals surface area contributed by atoms with Gasteiger partial charge in [0, 0.05) is 12.1 Å². The number of nitrogens with one attached hydrogen (secondary N) is 1. The lowest BCUT2D eigenvalue weighted by atomic mass is 10.0. The molecular formula is C21H28N4O7. The highest BCUT2D eigenvalue weighted by Crippen LogP contribution is 2.30. The van der Waals surface area contributed by atoms with Gasteiger partial charge in [0.05, 0.1) is 24.3 Å². The number of hydrogen-bond donors (Lipinski definition) is 4. The molecule has 0 saturated carbocycles. The Labute approximate surface area is 185 Å². The highest BCUT2D eigenvalue weighted by Gasteiger charge is 2.46. The van der Waals surface area contributed by atoms with Gasteiger partial charge in [0.1, 0.15) is 12.1 Å². The smallest absolute Gasteiger partial charge is 0.320 e. The standard InChI is InChI=1S/C15H15N3O5.C6H13NO2/c16-8-1-2-9-10(7-8)14(22)18(13(9)21)11-3-4-12(20)17(5-6-19)15(11)23;1-4(2)5(7-3)6(8)9/h1-2,7,11,19H,3-6,16H2;4-5,7H,1-3H3,(H,8,9)/t;5-/m.0/s1. The van der Waals surface area contributed by atoms with Crippen LogP contribution in [-0.4, -0.2) is 81.9 Å². The van der Waals surface area contributed by atoms with E-state index in [2.05, 4.69) is 5.32 Å². The molecule has 1 aromatic carbocycles. The molecule has 1 saturated heterocycles. The third kappa shape index (κ3) is 4.94. The fourth-order valence-electron chi connectivity index (χ4n) is 3.70. The van der Waals surface area contributed by atoms with E-state index in [-0.39, 0.29) is 43.0 Å². The van der Waals surface area contributed by atoms with Gasteiger partial charge in [-0.2, -0.15) is 0 Å². The zero-order valence-corrected chi connectivity index (χ0v) is 18.2. The number of carbonyl (C=O) groups is 5. The van der Waals surface area contributed by atoms with Crippen molar-refractivity contribution in [1.82, 2.24) is 15.1 Å². The zero-order valence-electron chi connectivity index (χ0n) is 18.2. The monoisotopic (exact) mass is 448 g/mol. The largest absolute Gasteiger partial charge is 0.480 e. The van der Waals surface area contributed by atoms with Gasteiger partial charge >= 0.3 is 5.97 Å². The predicted octanol–water partition coefficient (Wildman–Crippen LogP) is -0.310. The van der Waals surface area contributed by atoms with Crippen LogP contribution in [0.2, 0.25) is 0 Å². The van der Waals surface area contributed by atoms with Gasteiger partial charge in [-0.25, -0.2) is 0 Å². The number of carboxylic acid groups (broad SMARTS) is 1. The molecule has 0 aromatic heterocycles. The zero-order chi connectivity index (χ0) is 24.2. The minimum Gasteiger partial charge on any atom is -0.480 e. The average Bonchev–Trinajstić information content (AvgIpc) is 2.96. The molecule has 2 atom stereocenters. The van der Waals surface area contributed by atoms with Crippen molar-refractivity contribution in [3.05, 3.63) is 29.3 Å². The second-order valence-electron chi connectivity index (χ2n) is 7.80. The third-order valence-electron chi connectivity index (χ3n) is 5.30. The lowest BCUT2D eigenvalue weighted by Gasteiger charge is -2.34. The molecule has 1 aromatic rings. The maximum Gasteiger partial charge on any atom is 0.320 e. The summed E-state index contributed by atoms with van der Waals surface area (Å²) >= 11 is 0. The van der Waals surface area contributed by atoms with Crippen LogP contribution in [0.3, 0.4) is 0 Å². The summed E-state index contributed by atoms with van der Waals surface area (Å²) in [5.41, 5.74) is 6.34. The first-order valence-electron chi connectivity index (χ1n) is 10.2. The minimum absolute atomic E-state index is 0.0337. The van der Waals surface area contributed by atoms with Gasteiger partial charge in [-0.3, -0.25) is 33.8 Å². The first-order valence-corrected chi connectivity index (χ1v) is 10.2. The van der Waals surface area contributed by atoms with Gasteiger partial charge in [0.15, 0.2) is 0 Å². The van der Waals surface area contributed by atoms with Gasteiger partial charge in [-0.1, -0.05) is 13.8 Å². The van der Waals surface area contributed by atoms with E-state index in [0.29, 0.717) is 5.69 Å². The number of nitrogens with two attached hydrogens (primary N) is 1. The molecule has 11 heteroatoms. The third-order valence-corrected chi connectivity index (χ3v) is 5.30. The number of nitrogens with zero attached hydrogens (tertiary/aromatic N) is 2. The number of piperidine rings is 1. The Morgan fingerprint density at radius 2 is 1.81 bits per heavy atom. The van der Waals surface area contributed by atoms with E-state index < -0.39 is 41.7 Å². The van der Waals surface area contributed by atoms with E-state index in [1.807, 2.05) is 13.8 Å². The molecule has 11 nitrogen and oxygen atoms in total. The van der Waals surface area contributed by atoms with Crippen molar-refractivity contribution >= 4 is 35.3 Å². The molecule has 32 heavy (non-hydrogen) atoms. The van der Waals surface area contributed by atoms with Crippen molar-refractivity contribution in [2.75, 3.05) is 25.9 Å². The number of fused-ring (bicyclic) bond motifs is 1. The summed E-state index contributed by atoms with van der Waals surface area (Å²) in [7, 11) is 1.65. The van der Waals surface area contributed by atoms with Crippen LogP contribution >= 0.6 is 0 Å². The van der Waals surface area contributed by atoms with Gasteiger partial charge in [-0.05, 0) is 37.6 Å². The van der Waals surface area contributed by atoms with Gasteiger partial charge in [0.2, 0.25) is 5.91 Å². The Bertz CT molecular complexity index is 931. The maximum atomic E-state index is 12.5. The molecule has 2 aliphatic heterocycles. The SMILES string of the molecule is CN[C@H](C(=O)O)C(C)C.Nc1ccc2c(c1)C(=O)N(C1CCC(=O)N(CCO)C1=O)C2=O. The summed E-state index contributed by atoms with van der Waals surface area (Å²) in [6.45, 7) is 3.22. The quantitative estimate of drug-likeness (QED) is 0.337. The predicted molar refractivity (Wildman–Crippen MR) is 114 cm³/mol. The Kier molecular flexibility index (Phi) is 8.06. The number of β-amino-alcohol motifs (C(OH)–C–C–N with tert-alkyl or cyclic N) is 1. The average molecular weight is 448 g/mol. The van der Waals surface area contributed by atoms with Crippen LogP contribution in [0.1, 0.15) is 47.4 Å². The lowest BCUT2D eigenvalue weighted by molar-refractivity contribution is -0.152. The van der Waals surface area contributed by atoms with Crippen LogP contribution in [0.25, 0.3) is 0 Å². The summed E-state index contributed by atoms with van der Waals surface area (Å²) in [6, 6.07) is 2.92. The second-order valence-corrected chi connectivity index (χ2v) is 7.80. The number of carbonyl (C=O) groups excluding carboxylic acids is 4. The molecule has 2 heterocycles. The molecule has 3 rings (SSSR count). The van der Waals surface area contributed by atoms with Crippen LogP contribution in [0.4, 0.5) is 5.69 Å². The van der Waals surface area contributed by atoms with Crippen molar-refractivity contribution in [2.45, 2.75) is 38.8 Å². The minimum atomic E-state index is -1.03. The number of carboxylic acids is 1. The van der Waals surface area contributed by atoms with Crippen LogP contribution in [0.15, 0.2) is 18.2 Å². The number of likely N-dealkylation sites (tertiary alicyclic amines) is 1. The summed E-state index contributed by atoms with van der Waals surface area (Å²) in [4.78, 5) is 61.3. The maximum absolute atomic E-state index is 12.5. The number of aliphatic hydroxyl groups excluding tert-OH is 1. The Morgan fingerprint density at radius 1 is 1.19 bits per heavy atom. The van der Waals surface area contributed by atoms with Crippen LogP contribution in [0, 0.1) is 5.92 Å². The van der Waals surface area contributed by atoms with Crippen molar-refractivity contribution in [3.63, 3.8) is 0 Å². The number of aliphatic hydroxyl groups is 1. The van der Waals surface area contributed by atoms with Crippen LogP contribution < -0.4 is 11.1 Å². The number of aliphatic carboxylic acids is 1. The Balaban J connectivity index is 0.000000344. The fourth-order valence-corrected chi connectivity index (χ4v) is 3.70. The van der Waals surface area contributed by atoms with E-state index in [9.17, 15) is 24.0 Å². The van der Waals surface area contributed by atoms with E-state index in [1.54, 1.807) is 7.05 Å². The molecule has 4 amide bonds. The Hall–Kier alpha value is -3.31. The number of likely N-dealkylation sites (N-methyl/N-ethyl adjacent to an activating group) is 1. The molecular weight excluding hydrogens is 420 g/mol. The molecule has 0 spiro atoms. The van der Waals surface area contributed by atoms with Crippen molar-refractivity contribution in [2.24, 2.45) is 5.92 Å². The summed E-state index contributed by atoms with van der Waals surface area (Å²) in [5, 5.41) is 20.2. The van der Waals surface area contributed by atoms with Gasteiger partial charge in [0.25, 0.3) is 17.7 Å².